The highest BCUT2D eigenvalue weighted by molar-refractivity contribution is 9.10. The van der Waals surface area contributed by atoms with Crippen molar-refractivity contribution >= 4 is 37.5 Å². The van der Waals surface area contributed by atoms with Gasteiger partial charge in [0.15, 0.2) is 0 Å². The van der Waals surface area contributed by atoms with Crippen molar-refractivity contribution in [2.75, 3.05) is 25.5 Å². The molecule has 162 valence electrons. The van der Waals surface area contributed by atoms with Crippen LogP contribution in [0.15, 0.2) is 45.8 Å². The Bertz CT molecular complexity index is 1020. The predicted molar refractivity (Wildman–Crippen MR) is 121 cm³/mol. The molecule has 0 spiro atoms. The van der Waals surface area contributed by atoms with E-state index in [9.17, 15) is 13.2 Å². The molecule has 1 atom stereocenters. The van der Waals surface area contributed by atoms with Crippen molar-refractivity contribution in [1.82, 2.24) is 4.31 Å². The van der Waals surface area contributed by atoms with E-state index in [-0.39, 0.29) is 23.3 Å². The van der Waals surface area contributed by atoms with Crippen LogP contribution in [-0.4, -0.2) is 38.8 Å². The van der Waals surface area contributed by atoms with Crippen molar-refractivity contribution in [1.29, 1.82) is 0 Å². The summed E-state index contributed by atoms with van der Waals surface area (Å²) in [6, 6.07) is 10.3. The lowest BCUT2D eigenvalue weighted by Crippen LogP contribution is -2.43. The number of amides is 1. The first kappa shape index (κ1) is 22.8. The number of piperidine rings is 1. The molecular weight excluding hydrogens is 468 g/mol. The quantitative estimate of drug-likeness (QED) is 0.646. The summed E-state index contributed by atoms with van der Waals surface area (Å²) >= 11 is 3.50. The monoisotopic (exact) mass is 494 g/mol. The Morgan fingerprint density at radius 3 is 2.60 bits per heavy atom. The van der Waals surface area contributed by atoms with Gasteiger partial charge in [-0.3, -0.25) is 4.79 Å². The third kappa shape index (κ3) is 4.87. The third-order valence-electron chi connectivity index (χ3n) is 5.46. The van der Waals surface area contributed by atoms with Crippen LogP contribution >= 0.6 is 15.9 Å². The molecule has 2 aromatic carbocycles. The average molecular weight is 495 g/mol. The third-order valence-corrected chi connectivity index (χ3v) is 7.80. The van der Waals surface area contributed by atoms with Crippen LogP contribution in [0.25, 0.3) is 0 Å². The maximum absolute atomic E-state index is 13.1. The standard InChI is InChI=1S/C22H27BrN2O4S/c1-4-16-13-18(23)12-15(2)21(16)24-22(26)17-6-5-11-25(14-17)30(27,28)20-9-7-19(29-3)8-10-20/h7-10,12-13,17H,4-6,11,14H2,1-3H3,(H,24,26)/t17-/m0/s1. The number of ether oxygens (including phenoxy) is 1. The maximum Gasteiger partial charge on any atom is 0.243 e. The minimum Gasteiger partial charge on any atom is -0.497 e. The van der Waals surface area contributed by atoms with Crippen LogP contribution < -0.4 is 10.1 Å². The molecule has 6 nitrogen and oxygen atoms in total. The first-order valence-electron chi connectivity index (χ1n) is 10.00. The van der Waals surface area contributed by atoms with Crippen molar-refractivity contribution < 1.29 is 17.9 Å². The second-order valence-electron chi connectivity index (χ2n) is 7.48. The van der Waals surface area contributed by atoms with E-state index < -0.39 is 10.0 Å². The molecule has 2 aromatic rings. The van der Waals surface area contributed by atoms with Crippen LogP contribution in [0.2, 0.25) is 0 Å². The van der Waals surface area contributed by atoms with E-state index in [1.807, 2.05) is 26.0 Å². The highest BCUT2D eigenvalue weighted by Gasteiger charge is 2.33. The van der Waals surface area contributed by atoms with Gasteiger partial charge in [0.25, 0.3) is 0 Å². The van der Waals surface area contributed by atoms with E-state index in [1.165, 1.54) is 23.5 Å². The first-order valence-corrected chi connectivity index (χ1v) is 12.2. The molecule has 0 aliphatic carbocycles. The minimum absolute atomic E-state index is 0.134. The molecule has 1 aliphatic rings. The zero-order chi connectivity index (χ0) is 21.9. The van der Waals surface area contributed by atoms with Crippen molar-refractivity contribution in [3.05, 3.63) is 52.0 Å². The molecule has 0 radical (unpaired) electrons. The van der Waals surface area contributed by atoms with Crippen LogP contribution in [0.5, 0.6) is 5.75 Å². The van der Waals surface area contributed by atoms with Gasteiger partial charge in [-0.05, 0) is 73.7 Å². The normalized spacial score (nSPS) is 17.5. The fourth-order valence-electron chi connectivity index (χ4n) is 3.77. The molecule has 1 N–H and O–H groups in total. The number of carbonyl (C=O) groups excluding carboxylic acids is 1. The average Bonchev–Trinajstić information content (AvgIpc) is 2.75. The van der Waals surface area contributed by atoms with E-state index in [4.69, 9.17) is 4.74 Å². The van der Waals surface area contributed by atoms with E-state index in [1.54, 1.807) is 12.1 Å². The molecule has 0 aromatic heterocycles. The van der Waals surface area contributed by atoms with E-state index >= 15 is 0 Å². The number of nitrogens with zero attached hydrogens (tertiary/aromatic N) is 1. The summed E-state index contributed by atoms with van der Waals surface area (Å²) in [4.78, 5) is 13.2. The van der Waals surface area contributed by atoms with Crippen molar-refractivity contribution in [2.45, 2.75) is 38.0 Å². The molecule has 8 heteroatoms. The first-order chi connectivity index (χ1) is 14.3. The Morgan fingerprint density at radius 1 is 1.27 bits per heavy atom. The molecule has 30 heavy (non-hydrogen) atoms. The Balaban J connectivity index is 1.76. The Hall–Kier alpha value is -1.90. The smallest absolute Gasteiger partial charge is 0.243 e. The lowest BCUT2D eigenvalue weighted by Gasteiger charge is -2.31. The van der Waals surface area contributed by atoms with Crippen LogP contribution in [0.3, 0.4) is 0 Å². The topological polar surface area (TPSA) is 75.7 Å². The molecular formula is C22H27BrN2O4S. The lowest BCUT2D eigenvalue weighted by atomic mass is 9.98. The molecule has 1 saturated heterocycles. The summed E-state index contributed by atoms with van der Waals surface area (Å²) in [7, 11) is -2.13. The number of benzene rings is 2. The zero-order valence-corrected chi connectivity index (χ0v) is 19.8. The second kappa shape index (κ2) is 9.49. The lowest BCUT2D eigenvalue weighted by molar-refractivity contribution is -0.120. The van der Waals surface area contributed by atoms with Gasteiger partial charge in [-0.25, -0.2) is 8.42 Å². The minimum atomic E-state index is -3.66. The van der Waals surface area contributed by atoms with Gasteiger partial charge in [0.05, 0.1) is 17.9 Å². The number of nitrogens with one attached hydrogen (secondary N) is 1. The van der Waals surface area contributed by atoms with Gasteiger partial charge in [0, 0.05) is 23.2 Å². The van der Waals surface area contributed by atoms with Crippen LogP contribution in [0, 0.1) is 12.8 Å². The van der Waals surface area contributed by atoms with Crippen molar-refractivity contribution in [2.24, 2.45) is 5.92 Å². The van der Waals surface area contributed by atoms with Gasteiger partial charge in [-0.15, -0.1) is 0 Å². The van der Waals surface area contributed by atoms with E-state index in [0.717, 1.165) is 27.7 Å². The molecule has 1 aliphatic heterocycles. The molecule has 1 fully saturated rings. The second-order valence-corrected chi connectivity index (χ2v) is 10.3. The van der Waals surface area contributed by atoms with Crippen LogP contribution in [0.1, 0.15) is 30.9 Å². The fraction of sp³-hybridized carbons (Fsp3) is 0.409. The largest absolute Gasteiger partial charge is 0.497 e. The summed E-state index contributed by atoms with van der Waals surface area (Å²) in [6.07, 6.45) is 2.10. The molecule has 1 heterocycles. The maximum atomic E-state index is 13.1. The van der Waals surface area contributed by atoms with Gasteiger partial charge in [0.2, 0.25) is 15.9 Å². The van der Waals surface area contributed by atoms with Gasteiger partial charge >= 0.3 is 0 Å². The number of hydrogen-bond donors (Lipinski definition) is 1. The van der Waals surface area contributed by atoms with Gasteiger partial charge < -0.3 is 10.1 Å². The summed E-state index contributed by atoms with van der Waals surface area (Å²) in [5.74, 6) is 0.0747. The van der Waals surface area contributed by atoms with Crippen molar-refractivity contribution in [3.63, 3.8) is 0 Å². The number of carbonyl (C=O) groups is 1. The highest BCUT2D eigenvalue weighted by Crippen LogP contribution is 2.29. The number of halogens is 1. The summed E-state index contributed by atoms with van der Waals surface area (Å²) < 4.78 is 33.6. The molecule has 0 bridgehead atoms. The summed E-state index contributed by atoms with van der Waals surface area (Å²) in [5, 5.41) is 3.06. The predicted octanol–water partition coefficient (Wildman–Crippen LogP) is 4.37. The zero-order valence-electron chi connectivity index (χ0n) is 17.4. The van der Waals surface area contributed by atoms with Crippen LogP contribution in [0.4, 0.5) is 5.69 Å². The summed E-state index contributed by atoms with van der Waals surface area (Å²) in [5.41, 5.74) is 2.85. The Labute approximate surface area is 186 Å². The molecule has 0 unspecified atom stereocenters. The number of anilines is 1. The number of sulfonamides is 1. The highest BCUT2D eigenvalue weighted by atomic mass is 79.9. The van der Waals surface area contributed by atoms with E-state index in [2.05, 4.69) is 21.2 Å². The van der Waals surface area contributed by atoms with Crippen LogP contribution in [-0.2, 0) is 21.2 Å². The molecule has 3 rings (SSSR count). The molecule has 1 amide bonds. The Morgan fingerprint density at radius 2 is 1.97 bits per heavy atom. The number of rotatable bonds is 6. The SMILES string of the molecule is CCc1cc(Br)cc(C)c1NC(=O)[C@H]1CCCN(S(=O)(=O)c2ccc(OC)cc2)C1. The van der Waals surface area contributed by atoms with Gasteiger partial charge in [-0.2, -0.15) is 4.31 Å². The fourth-order valence-corrected chi connectivity index (χ4v) is 5.91. The summed E-state index contributed by atoms with van der Waals surface area (Å²) in [6.45, 7) is 4.59. The Kier molecular flexibility index (Phi) is 7.21. The van der Waals surface area contributed by atoms with Gasteiger partial charge in [0.1, 0.15) is 5.75 Å². The van der Waals surface area contributed by atoms with E-state index in [0.29, 0.717) is 25.1 Å². The number of hydrogen-bond acceptors (Lipinski definition) is 4. The van der Waals surface area contributed by atoms with Gasteiger partial charge in [-0.1, -0.05) is 22.9 Å². The van der Waals surface area contributed by atoms with Crippen molar-refractivity contribution in [3.8, 4) is 5.75 Å². The molecule has 0 saturated carbocycles. The number of methoxy groups -OCH3 is 1. The number of aryl methyl sites for hydroxylation is 2.